The zero-order valence-electron chi connectivity index (χ0n) is 17.4. The van der Waals surface area contributed by atoms with Gasteiger partial charge in [-0.05, 0) is 75.9 Å². The van der Waals surface area contributed by atoms with E-state index in [2.05, 4.69) is 19.9 Å². The van der Waals surface area contributed by atoms with Crippen LogP contribution in [0.4, 0.5) is 5.13 Å². The molecule has 2 aliphatic heterocycles. The van der Waals surface area contributed by atoms with Crippen molar-refractivity contribution in [2.24, 2.45) is 5.92 Å². The van der Waals surface area contributed by atoms with Gasteiger partial charge in [-0.1, -0.05) is 18.0 Å². The van der Waals surface area contributed by atoms with E-state index in [0.29, 0.717) is 28.4 Å². The lowest BCUT2D eigenvalue weighted by molar-refractivity contribution is 0.0575. The fraction of sp³-hybridized carbons (Fsp3) is 0.524. The first kappa shape index (κ1) is 22.5. The first-order valence-electron chi connectivity index (χ1n) is 10.6. The van der Waals surface area contributed by atoms with E-state index >= 15 is 0 Å². The number of piperidine rings is 2. The van der Waals surface area contributed by atoms with Crippen LogP contribution >= 0.6 is 22.9 Å². The highest BCUT2D eigenvalue weighted by Gasteiger charge is 2.33. The Bertz CT molecular complexity index is 1040. The Labute approximate surface area is 192 Å². The first-order valence-corrected chi connectivity index (χ1v) is 13.3. The average Bonchev–Trinajstić information content (AvgIpc) is 3.11. The molecule has 0 spiro atoms. The second-order valence-corrected chi connectivity index (χ2v) is 11.5. The van der Waals surface area contributed by atoms with Gasteiger partial charge in [0, 0.05) is 22.5 Å². The van der Waals surface area contributed by atoms with Crippen molar-refractivity contribution in [2.75, 3.05) is 24.4 Å². The van der Waals surface area contributed by atoms with Crippen LogP contribution in [0.1, 0.15) is 47.5 Å². The number of nitrogens with zero attached hydrogens (tertiary/aromatic N) is 2. The van der Waals surface area contributed by atoms with Crippen molar-refractivity contribution in [1.29, 1.82) is 0 Å². The molecule has 2 aliphatic rings. The third kappa shape index (κ3) is 5.22. The molecule has 2 atom stereocenters. The highest BCUT2D eigenvalue weighted by molar-refractivity contribution is 7.93. The standard InChI is InChI=1S/C21H27ClN4O3S2/c1-14-19(20(27)23-13-15-5-4-12-26-11-3-2-6-18(15)26)24-21(30-14)25-31(28,29)17-9-7-16(22)8-10-17/h7-10,15,18H,2-6,11-13H2,1H3,(H,23,27)(H,24,25)/t15-,18+/m1/s1. The molecule has 168 valence electrons. The number of aromatic nitrogens is 1. The number of amides is 1. The number of halogens is 1. The highest BCUT2D eigenvalue weighted by atomic mass is 35.5. The Kier molecular flexibility index (Phi) is 6.86. The van der Waals surface area contributed by atoms with Gasteiger partial charge in [0.2, 0.25) is 0 Å². The number of rotatable bonds is 6. The SMILES string of the molecule is Cc1sc(NS(=O)(=O)c2ccc(Cl)cc2)nc1C(=O)NC[C@H]1CCCN2CCCC[C@@H]12. The maximum Gasteiger partial charge on any atom is 0.271 e. The van der Waals surface area contributed by atoms with E-state index in [4.69, 9.17) is 11.6 Å². The van der Waals surface area contributed by atoms with Crippen molar-refractivity contribution in [3.8, 4) is 0 Å². The summed E-state index contributed by atoms with van der Waals surface area (Å²) in [5, 5.41) is 3.67. The molecule has 2 N–H and O–H groups in total. The summed E-state index contributed by atoms with van der Waals surface area (Å²) in [6.07, 6.45) is 6.02. The molecule has 4 rings (SSSR count). The molecular weight excluding hydrogens is 456 g/mol. The molecule has 10 heteroatoms. The number of nitrogens with one attached hydrogen (secondary N) is 2. The molecule has 2 fully saturated rings. The molecule has 0 bridgehead atoms. The van der Waals surface area contributed by atoms with E-state index < -0.39 is 10.0 Å². The predicted molar refractivity (Wildman–Crippen MR) is 123 cm³/mol. The van der Waals surface area contributed by atoms with E-state index in [0.717, 1.165) is 30.8 Å². The molecule has 2 saturated heterocycles. The quantitative estimate of drug-likeness (QED) is 0.651. The molecule has 2 aromatic rings. The molecule has 0 unspecified atom stereocenters. The first-order chi connectivity index (χ1) is 14.8. The zero-order chi connectivity index (χ0) is 22.0. The number of aryl methyl sites for hydroxylation is 1. The predicted octanol–water partition coefficient (Wildman–Crippen LogP) is 3.90. The maximum absolute atomic E-state index is 12.8. The maximum atomic E-state index is 12.8. The van der Waals surface area contributed by atoms with Crippen molar-refractivity contribution in [1.82, 2.24) is 15.2 Å². The summed E-state index contributed by atoms with van der Waals surface area (Å²) in [5.41, 5.74) is 0.273. The molecule has 31 heavy (non-hydrogen) atoms. The highest BCUT2D eigenvalue weighted by Crippen LogP contribution is 2.31. The van der Waals surface area contributed by atoms with Gasteiger partial charge in [0.05, 0.1) is 4.90 Å². The Morgan fingerprint density at radius 1 is 1.19 bits per heavy atom. The van der Waals surface area contributed by atoms with Gasteiger partial charge in [-0.2, -0.15) is 0 Å². The number of benzene rings is 1. The molecule has 1 amide bonds. The Morgan fingerprint density at radius 2 is 1.94 bits per heavy atom. The van der Waals surface area contributed by atoms with Crippen LogP contribution in [0.3, 0.4) is 0 Å². The summed E-state index contributed by atoms with van der Waals surface area (Å²) >= 11 is 6.98. The molecule has 1 aromatic carbocycles. The molecule has 0 saturated carbocycles. The molecular formula is C21H27ClN4O3S2. The van der Waals surface area contributed by atoms with E-state index in [-0.39, 0.29) is 21.6 Å². The van der Waals surface area contributed by atoms with Crippen LogP contribution in [0.15, 0.2) is 29.2 Å². The smallest absolute Gasteiger partial charge is 0.271 e. The lowest BCUT2D eigenvalue weighted by atomic mass is 9.83. The molecule has 7 nitrogen and oxygen atoms in total. The van der Waals surface area contributed by atoms with Crippen LogP contribution in [-0.2, 0) is 10.0 Å². The van der Waals surface area contributed by atoms with Crippen LogP contribution in [-0.4, -0.2) is 49.9 Å². The minimum absolute atomic E-state index is 0.0880. The number of hydrogen-bond acceptors (Lipinski definition) is 6. The summed E-state index contributed by atoms with van der Waals surface area (Å²) in [4.78, 5) is 20.4. The third-order valence-corrected chi connectivity index (χ3v) is 8.73. The van der Waals surface area contributed by atoms with Gasteiger partial charge >= 0.3 is 0 Å². The van der Waals surface area contributed by atoms with Crippen molar-refractivity contribution in [3.63, 3.8) is 0 Å². The van der Waals surface area contributed by atoms with E-state index in [9.17, 15) is 13.2 Å². The molecule has 1 aromatic heterocycles. The fourth-order valence-corrected chi connectivity index (χ4v) is 6.73. The normalized spacial score (nSPS) is 22.0. The molecule has 0 radical (unpaired) electrons. The van der Waals surface area contributed by atoms with Crippen LogP contribution in [0.5, 0.6) is 0 Å². The van der Waals surface area contributed by atoms with Gasteiger partial charge < -0.3 is 10.2 Å². The Morgan fingerprint density at radius 3 is 2.71 bits per heavy atom. The second-order valence-electron chi connectivity index (χ2n) is 8.19. The number of sulfonamides is 1. The number of fused-ring (bicyclic) bond motifs is 1. The van der Waals surface area contributed by atoms with Gasteiger partial charge in [-0.25, -0.2) is 13.4 Å². The zero-order valence-corrected chi connectivity index (χ0v) is 19.8. The van der Waals surface area contributed by atoms with Gasteiger partial charge in [0.25, 0.3) is 15.9 Å². The van der Waals surface area contributed by atoms with Crippen LogP contribution in [0.2, 0.25) is 5.02 Å². The second kappa shape index (κ2) is 9.44. The van der Waals surface area contributed by atoms with Crippen molar-refractivity contribution in [3.05, 3.63) is 39.9 Å². The lowest BCUT2D eigenvalue weighted by Gasteiger charge is -2.44. The number of carbonyl (C=O) groups excluding carboxylic acids is 1. The monoisotopic (exact) mass is 482 g/mol. The lowest BCUT2D eigenvalue weighted by Crippen LogP contribution is -2.51. The summed E-state index contributed by atoms with van der Waals surface area (Å²) in [6.45, 7) is 4.73. The van der Waals surface area contributed by atoms with E-state index in [1.54, 1.807) is 6.92 Å². The summed E-state index contributed by atoms with van der Waals surface area (Å²) in [6, 6.07) is 6.44. The average molecular weight is 483 g/mol. The minimum Gasteiger partial charge on any atom is -0.350 e. The summed E-state index contributed by atoms with van der Waals surface area (Å²) in [7, 11) is -3.80. The van der Waals surface area contributed by atoms with Gasteiger partial charge in [0.1, 0.15) is 5.69 Å². The van der Waals surface area contributed by atoms with Crippen molar-refractivity contribution >= 4 is 44.0 Å². The van der Waals surface area contributed by atoms with Crippen molar-refractivity contribution < 1.29 is 13.2 Å². The van der Waals surface area contributed by atoms with Crippen LogP contribution < -0.4 is 10.0 Å². The molecule has 3 heterocycles. The Balaban J connectivity index is 1.40. The van der Waals surface area contributed by atoms with Gasteiger partial charge in [-0.3, -0.25) is 9.52 Å². The van der Waals surface area contributed by atoms with E-state index in [1.807, 2.05) is 0 Å². The third-order valence-electron chi connectivity index (χ3n) is 6.11. The summed E-state index contributed by atoms with van der Waals surface area (Å²) in [5.74, 6) is 0.207. The number of thiazole rings is 1. The van der Waals surface area contributed by atoms with Gasteiger partial charge in [-0.15, -0.1) is 11.3 Å². The van der Waals surface area contributed by atoms with Crippen LogP contribution in [0, 0.1) is 12.8 Å². The minimum atomic E-state index is -3.80. The Hall–Kier alpha value is -1.68. The largest absolute Gasteiger partial charge is 0.350 e. The number of anilines is 1. The van der Waals surface area contributed by atoms with E-state index in [1.165, 1.54) is 49.9 Å². The van der Waals surface area contributed by atoms with Crippen molar-refractivity contribution in [2.45, 2.75) is 50.0 Å². The molecule has 0 aliphatic carbocycles. The fourth-order valence-electron chi connectivity index (χ4n) is 4.56. The van der Waals surface area contributed by atoms with Crippen LogP contribution in [0.25, 0.3) is 0 Å². The number of carbonyl (C=O) groups is 1. The number of hydrogen-bond donors (Lipinski definition) is 2. The van der Waals surface area contributed by atoms with Gasteiger partial charge in [0.15, 0.2) is 5.13 Å². The topological polar surface area (TPSA) is 91.4 Å². The summed E-state index contributed by atoms with van der Waals surface area (Å²) < 4.78 is 27.6.